The third-order valence-electron chi connectivity index (χ3n) is 3.89. The van der Waals surface area contributed by atoms with E-state index in [2.05, 4.69) is 16.4 Å². The molecule has 2 N–H and O–H groups in total. The fraction of sp³-hybridized carbons (Fsp3) is 0.167. The molecular formula is C18H16Cl2N2O. The fourth-order valence-corrected chi connectivity index (χ4v) is 3.34. The molecule has 0 saturated heterocycles. The number of nitrogens with one attached hydrogen (secondary N) is 2. The molecule has 5 heteroatoms. The van der Waals surface area contributed by atoms with E-state index in [1.54, 1.807) is 6.07 Å². The van der Waals surface area contributed by atoms with E-state index in [4.69, 9.17) is 23.2 Å². The van der Waals surface area contributed by atoms with Crippen molar-refractivity contribution in [1.82, 2.24) is 10.3 Å². The second-order valence-electron chi connectivity index (χ2n) is 5.45. The van der Waals surface area contributed by atoms with Gasteiger partial charge in [0.15, 0.2) is 0 Å². The predicted octanol–water partition coefficient (Wildman–Crippen LogP) is 4.74. The van der Waals surface area contributed by atoms with Crippen LogP contribution in [0.1, 0.15) is 24.0 Å². The van der Waals surface area contributed by atoms with E-state index >= 15 is 0 Å². The zero-order chi connectivity index (χ0) is 16.4. The van der Waals surface area contributed by atoms with Gasteiger partial charge in [0, 0.05) is 46.5 Å². The Morgan fingerprint density at radius 3 is 2.70 bits per heavy atom. The molecule has 1 amide bonds. The molecule has 23 heavy (non-hydrogen) atoms. The van der Waals surface area contributed by atoms with E-state index in [1.165, 1.54) is 6.92 Å². The summed E-state index contributed by atoms with van der Waals surface area (Å²) in [6.07, 6.45) is 1.97. The van der Waals surface area contributed by atoms with Crippen molar-refractivity contribution >= 4 is 40.0 Å². The first-order valence-electron chi connectivity index (χ1n) is 7.31. The molecule has 0 radical (unpaired) electrons. The molecule has 0 fully saturated rings. The molecule has 1 aromatic heterocycles. The van der Waals surface area contributed by atoms with E-state index in [-0.39, 0.29) is 11.8 Å². The zero-order valence-electron chi connectivity index (χ0n) is 12.6. The summed E-state index contributed by atoms with van der Waals surface area (Å²) in [6.45, 7) is 1.98. The molecule has 0 aliphatic rings. The van der Waals surface area contributed by atoms with Crippen LogP contribution in [0, 0.1) is 0 Å². The van der Waals surface area contributed by atoms with Gasteiger partial charge in [0.25, 0.3) is 0 Å². The molecule has 1 atom stereocenters. The van der Waals surface area contributed by atoms with E-state index in [0.717, 1.165) is 22.0 Å². The molecule has 3 aromatic rings. The summed E-state index contributed by atoms with van der Waals surface area (Å²) >= 11 is 12.4. The Morgan fingerprint density at radius 2 is 1.96 bits per heavy atom. The summed E-state index contributed by atoms with van der Waals surface area (Å²) in [6, 6.07) is 13.5. The first-order chi connectivity index (χ1) is 11.1. The number of carbonyl (C=O) groups is 1. The molecule has 3 nitrogen and oxygen atoms in total. The maximum absolute atomic E-state index is 11.4. The van der Waals surface area contributed by atoms with E-state index < -0.39 is 0 Å². The fourth-order valence-electron chi connectivity index (χ4n) is 2.80. The number of hydrogen-bond donors (Lipinski definition) is 2. The Kier molecular flexibility index (Phi) is 4.60. The van der Waals surface area contributed by atoms with Gasteiger partial charge < -0.3 is 10.3 Å². The van der Waals surface area contributed by atoms with Crippen molar-refractivity contribution in [3.05, 3.63) is 69.8 Å². The maximum atomic E-state index is 11.4. The first kappa shape index (κ1) is 15.9. The molecule has 1 heterocycles. The summed E-state index contributed by atoms with van der Waals surface area (Å²) in [5.41, 5.74) is 3.09. The molecule has 0 spiro atoms. The highest BCUT2D eigenvalue weighted by Crippen LogP contribution is 2.35. The average Bonchev–Trinajstić information content (AvgIpc) is 2.93. The summed E-state index contributed by atoms with van der Waals surface area (Å²) < 4.78 is 0. The van der Waals surface area contributed by atoms with Crippen molar-refractivity contribution in [2.45, 2.75) is 12.8 Å². The Bertz CT molecular complexity index is 857. The molecule has 0 aliphatic heterocycles. The summed E-state index contributed by atoms with van der Waals surface area (Å²) in [5.74, 6) is -0.125. The minimum Gasteiger partial charge on any atom is -0.361 e. The van der Waals surface area contributed by atoms with Crippen molar-refractivity contribution in [2.24, 2.45) is 0 Å². The highest BCUT2D eigenvalue weighted by atomic mass is 35.5. The average molecular weight is 347 g/mol. The molecule has 0 saturated carbocycles. The third-order valence-corrected chi connectivity index (χ3v) is 4.45. The van der Waals surface area contributed by atoms with Gasteiger partial charge in [0.1, 0.15) is 0 Å². The lowest BCUT2D eigenvalue weighted by Gasteiger charge is -2.19. The van der Waals surface area contributed by atoms with Crippen molar-refractivity contribution in [3.63, 3.8) is 0 Å². The Labute approximate surface area is 144 Å². The Hall–Kier alpha value is -1.97. The minimum atomic E-state index is -0.0695. The highest BCUT2D eigenvalue weighted by molar-refractivity contribution is 6.35. The number of H-pyrrole nitrogens is 1. The topological polar surface area (TPSA) is 44.9 Å². The van der Waals surface area contributed by atoms with E-state index in [1.807, 2.05) is 36.5 Å². The molecule has 1 unspecified atom stereocenters. The van der Waals surface area contributed by atoms with Gasteiger partial charge in [-0.25, -0.2) is 0 Å². The van der Waals surface area contributed by atoms with Gasteiger partial charge in [-0.3, -0.25) is 4.79 Å². The van der Waals surface area contributed by atoms with Crippen LogP contribution in [0.3, 0.4) is 0 Å². The Balaban J connectivity index is 2.09. The number of halogens is 2. The number of carbonyl (C=O) groups excluding carboxylic acids is 1. The lowest BCUT2D eigenvalue weighted by Crippen LogP contribution is -2.26. The van der Waals surface area contributed by atoms with Gasteiger partial charge in [-0.1, -0.05) is 47.5 Å². The number of rotatable bonds is 4. The van der Waals surface area contributed by atoms with Crippen molar-refractivity contribution in [2.75, 3.05) is 6.54 Å². The van der Waals surface area contributed by atoms with Crippen LogP contribution in [0.4, 0.5) is 0 Å². The van der Waals surface area contributed by atoms with Gasteiger partial charge in [-0.15, -0.1) is 0 Å². The number of aromatic amines is 1. The van der Waals surface area contributed by atoms with Crippen LogP contribution >= 0.6 is 23.2 Å². The third kappa shape index (κ3) is 3.36. The maximum Gasteiger partial charge on any atom is 0.216 e. The molecule has 0 bridgehead atoms. The van der Waals surface area contributed by atoms with E-state index in [9.17, 15) is 4.79 Å². The molecule has 0 aliphatic carbocycles. The second kappa shape index (κ2) is 6.65. The number of benzene rings is 2. The van der Waals surface area contributed by atoms with Crippen molar-refractivity contribution in [1.29, 1.82) is 0 Å². The molecule has 3 rings (SSSR count). The van der Waals surface area contributed by atoms with E-state index in [0.29, 0.717) is 16.6 Å². The predicted molar refractivity (Wildman–Crippen MR) is 95.3 cm³/mol. The van der Waals surface area contributed by atoms with Crippen LogP contribution in [0.25, 0.3) is 10.9 Å². The normalized spacial score (nSPS) is 12.3. The largest absolute Gasteiger partial charge is 0.361 e. The highest BCUT2D eigenvalue weighted by Gasteiger charge is 2.21. The number of hydrogen-bond acceptors (Lipinski definition) is 1. The lowest BCUT2D eigenvalue weighted by molar-refractivity contribution is -0.118. The Morgan fingerprint density at radius 1 is 1.17 bits per heavy atom. The standard InChI is InChI=1S/C18H16Cl2N2O/c1-11(23)21-9-15(13-7-6-12(19)8-17(13)20)16-10-22-18-5-3-2-4-14(16)18/h2-8,10,15,22H,9H2,1H3,(H,21,23). The number of fused-ring (bicyclic) bond motifs is 1. The van der Waals surface area contributed by atoms with Crippen molar-refractivity contribution in [3.8, 4) is 0 Å². The van der Waals surface area contributed by atoms with Gasteiger partial charge in [-0.2, -0.15) is 0 Å². The number of amides is 1. The van der Waals surface area contributed by atoms with Crippen LogP contribution in [-0.4, -0.2) is 17.4 Å². The van der Waals surface area contributed by atoms with Crippen molar-refractivity contribution < 1.29 is 4.79 Å². The molecular weight excluding hydrogens is 331 g/mol. The van der Waals surface area contributed by atoms with Gasteiger partial charge >= 0.3 is 0 Å². The zero-order valence-corrected chi connectivity index (χ0v) is 14.1. The van der Waals surface area contributed by atoms with Crippen LogP contribution in [0.2, 0.25) is 10.0 Å². The second-order valence-corrected chi connectivity index (χ2v) is 6.29. The lowest BCUT2D eigenvalue weighted by atomic mass is 9.90. The van der Waals surface area contributed by atoms with Crippen LogP contribution in [0.5, 0.6) is 0 Å². The van der Waals surface area contributed by atoms with Gasteiger partial charge in [0.2, 0.25) is 5.91 Å². The summed E-state index contributed by atoms with van der Waals surface area (Å²) in [5, 5.41) is 5.20. The number of aromatic nitrogens is 1. The van der Waals surface area contributed by atoms with Gasteiger partial charge in [-0.05, 0) is 29.3 Å². The SMILES string of the molecule is CC(=O)NCC(c1ccc(Cl)cc1Cl)c1c[nH]c2ccccc12. The smallest absolute Gasteiger partial charge is 0.216 e. The van der Waals surface area contributed by atoms with Crippen LogP contribution in [-0.2, 0) is 4.79 Å². The minimum absolute atomic E-state index is 0.0557. The monoisotopic (exact) mass is 346 g/mol. The van der Waals surface area contributed by atoms with Crippen LogP contribution < -0.4 is 5.32 Å². The molecule has 2 aromatic carbocycles. The van der Waals surface area contributed by atoms with Gasteiger partial charge in [0.05, 0.1) is 0 Å². The summed E-state index contributed by atoms with van der Waals surface area (Å²) in [7, 11) is 0. The van der Waals surface area contributed by atoms with Crippen LogP contribution in [0.15, 0.2) is 48.7 Å². The quantitative estimate of drug-likeness (QED) is 0.703. The molecule has 118 valence electrons. The number of para-hydroxylation sites is 1. The summed E-state index contributed by atoms with van der Waals surface area (Å²) in [4.78, 5) is 14.7. The first-order valence-corrected chi connectivity index (χ1v) is 8.07.